The van der Waals surface area contributed by atoms with Crippen LogP contribution in [-0.4, -0.2) is 16.2 Å². The number of rotatable bonds is 2. The van der Waals surface area contributed by atoms with Crippen LogP contribution in [0.15, 0.2) is 22.7 Å². The summed E-state index contributed by atoms with van der Waals surface area (Å²) in [6.07, 6.45) is 0. The summed E-state index contributed by atoms with van der Waals surface area (Å²) < 4.78 is 0.608. The Balaban J connectivity index is 2.33. The number of aliphatic carboxylic acids is 1. The fraction of sp³-hybridized carbons (Fsp3) is 0.417. The fourth-order valence-electron chi connectivity index (χ4n) is 2.44. The topological polar surface area (TPSA) is 57.5 Å². The van der Waals surface area contributed by atoms with Crippen molar-refractivity contribution in [1.82, 2.24) is 0 Å². The Morgan fingerprint density at radius 1 is 1.44 bits per heavy atom. The number of halogens is 1. The lowest BCUT2D eigenvalue weighted by Gasteiger charge is -2.04. The lowest BCUT2D eigenvalue weighted by molar-refractivity contribution is -0.139. The van der Waals surface area contributed by atoms with Gasteiger partial charge in [0.2, 0.25) is 0 Å². The molecule has 1 aromatic carbocycles. The van der Waals surface area contributed by atoms with E-state index in [1.54, 1.807) is 18.2 Å². The van der Waals surface area contributed by atoms with Crippen LogP contribution < -0.4 is 0 Å². The van der Waals surface area contributed by atoms with Crippen LogP contribution in [0.4, 0.5) is 0 Å². The molecule has 2 N–H and O–H groups in total. The van der Waals surface area contributed by atoms with Crippen LogP contribution in [0.5, 0.6) is 5.75 Å². The molecule has 0 aliphatic heterocycles. The van der Waals surface area contributed by atoms with Crippen molar-refractivity contribution in [1.29, 1.82) is 0 Å². The molecule has 0 unspecified atom stereocenters. The third kappa shape index (κ3) is 1.61. The van der Waals surface area contributed by atoms with Gasteiger partial charge in [-0.2, -0.15) is 0 Å². The third-order valence-corrected chi connectivity index (χ3v) is 4.06. The number of phenols is 1. The third-order valence-electron chi connectivity index (χ3n) is 3.42. The number of carboxylic acid groups (broad SMARTS) is 1. The minimum atomic E-state index is -0.751. The van der Waals surface area contributed by atoms with E-state index in [9.17, 15) is 9.90 Å². The highest BCUT2D eigenvalue weighted by molar-refractivity contribution is 9.10. The largest absolute Gasteiger partial charge is 0.507 e. The molecule has 0 amide bonds. The molecule has 0 heterocycles. The Morgan fingerprint density at radius 3 is 2.50 bits per heavy atom. The minimum Gasteiger partial charge on any atom is -0.507 e. The Labute approximate surface area is 102 Å². The van der Waals surface area contributed by atoms with Gasteiger partial charge in [0.25, 0.3) is 0 Å². The monoisotopic (exact) mass is 284 g/mol. The molecule has 1 aliphatic carbocycles. The Morgan fingerprint density at radius 2 is 2.06 bits per heavy atom. The number of phenolic OH excluding ortho intramolecular Hbond substituents is 1. The van der Waals surface area contributed by atoms with Gasteiger partial charge in [-0.05, 0) is 39.0 Å². The summed E-state index contributed by atoms with van der Waals surface area (Å²) in [6.45, 7) is 3.91. The molecule has 1 aliphatic rings. The number of benzene rings is 1. The van der Waals surface area contributed by atoms with Crippen LogP contribution >= 0.6 is 15.9 Å². The van der Waals surface area contributed by atoms with E-state index in [2.05, 4.69) is 15.9 Å². The number of carboxylic acids is 1. The summed E-state index contributed by atoms with van der Waals surface area (Å²) in [5.74, 6) is -0.876. The summed E-state index contributed by atoms with van der Waals surface area (Å²) in [5.41, 5.74) is 0.754. The molecule has 2 rings (SSSR count). The Bertz CT molecular complexity index is 454. The average molecular weight is 285 g/mol. The van der Waals surface area contributed by atoms with Crippen LogP contribution in [0, 0.1) is 11.3 Å². The van der Waals surface area contributed by atoms with E-state index in [4.69, 9.17) is 5.11 Å². The number of aromatic hydroxyl groups is 1. The average Bonchev–Trinajstić information content (AvgIpc) is 2.74. The molecule has 16 heavy (non-hydrogen) atoms. The Kier molecular flexibility index (Phi) is 2.49. The van der Waals surface area contributed by atoms with E-state index < -0.39 is 5.97 Å². The number of hydrogen-bond donors (Lipinski definition) is 2. The van der Waals surface area contributed by atoms with Gasteiger partial charge < -0.3 is 10.2 Å². The van der Waals surface area contributed by atoms with E-state index in [-0.39, 0.29) is 23.0 Å². The first-order chi connectivity index (χ1) is 7.35. The smallest absolute Gasteiger partial charge is 0.307 e. The first kappa shape index (κ1) is 11.5. The zero-order chi connectivity index (χ0) is 12.1. The van der Waals surface area contributed by atoms with Gasteiger partial charge in [-0.15, -0.1) is 0 Å². The van der Waals surface area contributed by atoms with Gasteiger partial charge in [-0.3, -0.25) is 4.79 Å². The second kappa shape index (κ2) is 3.48. The molecule has 1 aromatic rings. The first-order valence-corrected chi connectivity index (χ1v) is 5.86. The van der Waals surface area contributed by atoms with Crippen LogP contribution in [0.2, 0.25) is 0 Å². The SMILES string of the molecule is CC1(C)[C@H](C(=O)O)[C@H]1c1ccc(O)c(Br)c1. The van der Waals surface area contributed by atoms with Crippen LogP contribution in [0.25, 0.3) is 0 Å². The zero-order valence-corrected chi connectivity index (χ0v) is 10.7. The van der Waals surface area contributed by atoms with Gasteiger partial charge in [-0.1, -0.05) is 19.9 Å². The predicted molar refractivity (Wildman–Crippen MR) is 63.5 cm³/mol. The molecule has 1 fully saturated rings. The molecule has 4 heteroatoms. The summed E-state index contributed by atoms with van der Waals surface area (Å²) in [5, 5.41) is 18.5. The van der Waals surface area contributed by atoms with E-state index in [1.165, 1.54) is 0 Å². The van der Waals surface area contributed by atoms with Crippen LogP contribution in [-0.2, 0) is 4.79 Å². The number of hydrogen-bond acceptors (Lipinski definition) is 2. The maximum absolute atomic E-state index is 11.1. The lowest BCUT2D eigenvalue weighted by Crippen LogP contribution is -2.03. The fourth-order valence-corrected chi connectivity index (χ4v) is 2.83. The standard InChI is InChI=1S/C12H13BrO3/c1-12(2)9(10(12)11(15)16)6-3-4-8(14)7(13)5-6/h3-5,9-10,14H,1-2H3,(H,15,16)/t9-,10+/m1/s1. The van der Waals surface area contributed by atoms with E-state index in [1.807, 2.05) is 13.8 Å². The van der Waals surface area contributed by atoms with Crippen molar-refractivity contribution in [3.63, 3.8) is 0 Å². The summed E-state index contributed by atoms with van der Waals surface area (Å²) >= 11 is 3.24. The molecule has 3 nitrogen and oxygen atoms in total. The molecule has 1 saturated carbocycles. The van der Waals surface area contributed by atoms with Crippen molar-refractivity contribution in [3.8, 4) is 5.75 Å². The normalized spacial score (nSPS) is 26.4. The van der Waals surface area contributed by atoms with Crippen molar-refractivity contribution >= 4 is 21.9 Å². The number of carbonyl (C=O) groups is 1. The quantitative estimate of drug-likeness (QED) is 0.878. The van der Waals surface area contributed by atoms with Crippen molar-refractivity contribution < 1.29 is 15.0 Å². The van der Waals surface area contributed by atoms with Gasteiger partial charge >= 0.3 is 5.97 Å². The van der Waals surface area contributed by atoms with E-state index in [0.29, 0.717) is 4.47 Å². The highest BCUT2D eigenvalue weighted by Crippen LogP contribution is 2.64. The van der Waals surface area contributed by atoms with Crippen molar-refractivity contribution in [2.24, 2.45) is 11.3 Å². The minimum absolute atomic E-state index is 0.0295. The van der Waals surface area contributed by atoms with E-state index in [0.717, 1.165) is 5.56 Å². The summed E-state index contributed by atoms with van der Waals surface area (Å²) in [6, 6.07) is 5.17. The highest BCUT2D eigenvalue weighted by Gasteiger charge is 2.62. The molecular formula is C12H13BrO3. The van der Waals surface area contributed by atoms with Gasteiger partial charge in [0.15, 0.2) is 0 Å². The van der Waals surface area contributed by atoms with Crippen molar-refractivity contribution in [2.45, 2.75) is 19.8 Å². The van der Waals surface area contributed by atoms with Gasteiger partial charge in [-0.25, -0.2) is 0 Å². The lowest BCUT2D eigenvalue weighted by atomic mass is 10.0. The van der Waals surface area contributed by atoms with Crippen molar-refractivity contribution in [3.05, 3.63) is 28.2 Å². The van der Waals surface area contributed by atoms with Gasteiger partial charge in [0.05, 0.1) is 10.4 Å². The molecule has 2 atom stereocenters. The second-order valence-electron chi connectivity index (χ2n) is 4.83. The highest BCUT2D eigenvalue weighted by atomic mass is 79.9. The summed E-state index contributed by atoms with van der Waals surface area (Å²) in [7, 11) is 0. The molecule has 0 saturated heterocycles. The molecule has 0 bridgehead atoms. The maximum Gasteiger partial charge on any atom is 0.307 e. The van der Waals surface area contributed by atoms with Crippen LogP contribution in [0.1, 0.15) is 25.3 Å². The Hall–Kier alpha value is -1.03. The molecule has 0 aromatic heterocycles. The predicted octanol–water partition coefficient (Wildman–Crippen LogP) is 2.98. The van der Waals surface area contributed by atoms with Crippen molar-refractivity contribution in [2.75, 3.05) is 0 Å². The molecule has 86 valence electrons. The molecular weight excluding hydrogens is 272 g/mol. The molecule has 0 radical (unpaired) electrons. The van der Waals surface area contributed by atoms with E-state index >= 15 is 0 Å². The van der Waals surface area contributed by atoms with Crippen LogP contribution in [0.3, 0.4) is 0 Å². The van der Waals surface area contributed by atoms with Gasteiger partial charge in [0, 0.05) is 5.92 Å². The summed E-state index contributed by atoms with van der Waals surface area (Å²) in [4.78, 5) is 11.1. The first-order valence-electron chi connectivity index (χ1n) is 5.07. The zero-order valence-electron chi connectivity index (χ0n) is 9.07. The second-order valence-corrected chi connectivity index (χ2v) is 5.68. The molecule has 0 spiro atoms. The van der Waals surface area contributed by atoms with Gasteiger partial charge in [0.1, 0.15) is 5.75 Å². The maximum atomic E-state index is 11.1.